The van der Waals surface area contributed by atoms with E-state index in [9.17, 15) is 13.2 Å². The zero-order valence-electron chi connectivity index (χ0n) is 9.78. The molecule has 0 bridgehead atoms. The van der Waals surface area contributed by atoms with Gasteiger partial charge in [0.25, 0.3) is 0 Å². The van der Waals surface area contributed by atoms with Crippen molar-refractivity contribution in [1.82, 2.24) is 4.98 Å². The molecule has 19 heavy (non-hydrogen) atoms. The summed E-state index contributed by atoms with van der Waals surface area (Å²) in [6, 6.07) is 6.21. The van der Waals surface area contributed by atoms with Crippen LogP contribution in [-0.4, -0.2) is 10.1 Å². The second-order valence-electron chi connectivity index (χ2n) is 4.00. The van der Waals surface area contributed by atoms with E-state index in [4.69, 9.17) is 10.8 Å². The van der Waals surface area contributed by atoms with E-state index in [-0.39, 0.29) is 6.61 Å². The van der Waals surface area contributed by atoms with Crippen molar-refractivity contribution in [3.63, 3.8) is 0 Å². The minimum absolute atomic E-state index is 0.248. The second kappa shape index (κ2) is 4.89. The van der Waals surface area contributed by atoms with Crippen LogP contribution in [0.2, 0.25) is 0 Å². The van der Waals surface area contributed by atoms with Crippen LogP contribution in [0.3, 0.4) is 0 Å². The fourth-order valence-electron chi connectivity index (χ4n) is 1.63. The summed E-state index contributed by atoms with van der Waals surface area (Å²) < 4.78 is 37.3. The number of aliphatic hydroxyl groups excluding tert-OH is 1. The molecule has 2 rings (SSSR count). The van der Waals surface area contributed by atoms with Gasteiger partial charge in [0, 0.05) is 11.1 Å². The highest BCUT2D eigenvalue weighted by Gasteiger charge is 2.29. The van der Waals surface area contributed by atoms with Crippen LogP contribution in [0.25, 0.3) is 11.3 Å². The number of pyridine rings is 1. The molecule has 0 unspecified atom stereocenters. The zero-order chi connectivity index (χ0) is 14.0. The van der Waals surface area contributed by atoms with Crippen molar-refractivity contribution >= 4 is 5.69 Å². The molecule has 3 N–H and O–H groups in total. The summed E-state index contributed by atoms with van der Waals surface area (Å²) in [5.41, 5.74) is 6.71. The lowest BCUT2D eigenvalue weighted by molar-refractivity contribution is -0.137. The number of rotatable bonds is 2. The summed E-state index contributed by atoms with van der Waals surface area (Å²) in [7, 11) is 0. The lowest BCUT2D eigenvalue weighted by Gasteiger charge is -2.08. The summed E-state index contributed by atoms with van der Waals surface area (Å²) in [6.07, 6.45) is -2.98. The Kier molecular flexibility index (Phi) is 3.44. The molecule has 2 aromatic rings. The lowest BCUT2D eigenvalue weighted by Crippen LogP contribution is -2.04. The largest absolute Gasteiger partial charge is 0.416 e. The van der Waals surface area contributed by atoms with E-state index in [1.807, 2.05) is 0 Å². The third kappa shape index (κ3) is 2.85. The number of anilines is 1. The molecule has 0 aliphatic carbocycles. The number of nitrogens with two attached hydrogens (primary N) is 1. The van der Waals surface area contributed by atoms with Crippen molar-refractivity contribution < 1.29 is 18.3 Å². The molecule has 100 valence electrons. The number of hydrogen-bond donors (Lipinski definition) is 2. The second-order valence-corrected chi connectivity index (χ2v) is 4.00. The smallest absolute Gasteiger partial charge is 0.397 e. The monoisotopic (exact) mass is 268 g/mol. The Morgan fingerprint density at radius 3 is 2.32 bits per heavy atom. The predicted molar refractivity (Wildman–Crippen MR) is 65.0 cm³/mol. The molecule has 1 aromatic heterocycles. The number of aromatic nitrogens is 1. The number of benzene rings is 1. The molecule has 3 nitrogen and oxygen atoms in total. The van der Waals surface area contributed by atoms with Crippen LogP contribution in [0, 0.1) is 0 Å². The Labute approximate surface area is 107 Å². The van der Waals surface area contributed by atoms with Gasteiger partial charge in [-0.15, -0.1) is 0 Å². The number of nitrogen functional groups attached to an aromatic ring is 1. The van der Waals surface area contributed by atoms with Gasteiger partial charge in [-0.2, -0.15) is 13.2 Å². The first-order valence-corrected chi connectivity index (χ1v) is 5.44. The maximum atomic E-state index is 12.4. The van der Waals surface area contributed by atoms with Gasteiger partial charge >= 0.3 is 6.18 Å². The van der Waals surface area contributed by atoms with Gasteiger partial charge in [-0.1, -0.05) is 12.1 Å². The molecule has 0 saturated heterocycles. The van der Waals surface area contributed by atoms with Crippen LogP contribution in [0.5, 0.6) is 0 Å². The topological polar surface area (TPSA) is 59.1 Å². The molecule has 0 spiro atoms. The van der Waals surface area contributed by atoms with Crippen LogP contribution in [-0.2, 0) is 12.8 Å². The number of aliphatic hydroxyl groups is 1. The molecular weight excluding hydrogens is 257 g/mol. The summed E-state index contributed by atoms with van der Waals surface area (Å²) in [5.74, 6) is 0. The van der Waals surface area contributed by atoms with Crippen LogP contribution >= 0.6 is 0 Å². The normalized spacial score (nSPS) is 11.6. The summed E-state index contributed by atoms with van der Waals surface area (Å²) >= 11 is 0. The van der Waals surface area contributed by atoms with Crippen LogP contribution in [0.4, 0.5) is 18.9 Å². The average Bonchev–Trinajstić information content (AvgIpc) is 2.38. The van der Waals surface area contributed by atoms with Crippen molar-refractivity contribution in [3.8, 4) is 11.3 Å². The molecule has 6 heteroatoms. The quantitative estimate of drug-likeness (QED) is 0.880. The fourth-order valence-corrected chi connectivity index (χ4v) is 1.63. The van der Waals surface area contributed by atoms with Crippen LogP contribution in [0.1, 0.15) is 11.1 Å². The van der Waals surface area contributed by atoms with Gasteiger partial charge < -0.3 is 10.8 Å². The van der Waals surface area contributed by atoms with E-state index < -0.39 is 11.7 Å². The van der Waals surface area contributed by atoms with E-state index in [0.29, 0.717) is 22.5 Å². The Hall–Kier alpha value is -2.08. The Morgan fingerprint density at radius 1 is 1.16 bits per heavy atom. The first-order chi connectivity index (χ1) is 8.91. The molecule has 0 atom stereocenters. The lowest BCUT2D eigenvalue weighted by atomic mass is 10.1. The van der Waals surface area contributed by atoms with Gasteiger partial charge in [0.1, 0.15) is 0 Å². The maximum Gasteiger partial charge on any atom is 0.416 e. The van der Waals surface area contributed by atoms with Crippen LogP contribution < -0.4 is 5.73 Å². The highest BCUT2D eigenvalue weighted by molar-refractivity contribution is 5.63. The minimum Gasteiger partial charge on any atom is -0.397 e. The van der Waals surface area contributed by atoms with Crippen LogP contribution in [0.15, 0.2) is 36.5 Å². The van der Waals surface area contributed by atoms with Crippen molar-refractivity contribution in [3.05, 3.63) is 47.7 Å². The number of halogens is 3. The Morgan fingerprint density at radius 2 is 1.79 bits per heavy atom. The summed E-state index contributed by atoms with van der Waals surface area (Å²) in [5, 5.41) is 9.08. The molecule has 1 aromatic carbocycles. The van der Waals surface area contributed by atoms with Gasteiger partial charge in [0.2, 0.25) is 0 Å². The first kappa shape index (κ1) is 13.4. The number of nitrogens with zero attached hydrogens (tertiary/aromatic N) is 1. The van der Waals surface area contributed by atoms with E-state index in [1.165, 1.54) is 18.3 Å². The van der Waals surface area contributed by atoms with Gasteiger partial charge in [-0.25, -0.2) is 0 Å². The van der Waals surface area contributed by atoms with E-state index in [1.54, 1.807) is 6.07 Å². The van der Waals surface area contributed by atoms with Crippen molar-refractivity contribution in [1.29, 1.82) is 0 Å². The average molecular weight is 268 g/mol. The van der Waals surface area contributed by atoms with Gasteiger partial charge in [-0.3, -0.25) is 4.98 Å². The molecule has 0 aliphatic rings. The third-order valence-electron chi connectivity index (χ3n) is 2.70. The standard InChI is InChI=1S/C13H11F3N2O/c14-13(15,16)10-3-1-8(2-4-10)12-5-9(7-19)11(17)6-18-12/h1-6,19H,7,17H2. The summed E-state index contributed by atoms with van der Waals surface area (Å²) in [6.45, 7) is -0.248. The molecule has 0 fully saturated rings. The Bertz CT molecular complexity index is 579. The molecular formula is C13H11F3N2O. The van der Waals surface area contributed by atoms with E-state index >= 15 is 0 Å². The van der Waals surface area contributed by atoms with Crippen molar-refractivity contribution in [2.45, 2.75) is 12.8 Å². The van der Waals surface area contributed by atoms with Gasteiger partial charge in [0.15, 0.2) is 0 Å². The Balaban J connectivity index is 2.37. The third-order valence-corrected chi connectivity index (χ3v) is 2.70. The number of hydrogen-bond acceptors (Lipinski definition) is 3. The molecule has 1 heterocycles. The highest BCUT2D eigenvalue weighted by atomic mass is 19.4. The van der Waals surface area contributed by atoms with Gasteiger partial charge in [-0.05, 0) is 18.2 Å². The molecule has 0 saturated carbocycles. The first-order valence-electron chi connectivity index (χ1n) is 5.44. The maximum absolute atomic E-state index is 12.4. The summed E-state index contributed by atoms with van der Waals surface area (Å²) in [4.78, 5) is 4.03. The zero-order valence-corrected chi connectivity index (χ0v) is 9.78. The SMILES string of the molecule is Nc1cnc(-c2ccc(C(F)(F)F)cc2)cc1CO. The van der Waals surface area contributed by atoms with Gasteiger partial charge in [0.05, 0.1) is 29.7 Å². The van der Waals surface area contributed by atoms with E-state index in [2.05, 4.69) is 4.98 Å². The van der Waals surface area contributed by atoms with Crippen molar-refractivity contribution in [2.24, 2.45) is 0 Å². The number of alkyl halides is 3. The minimum atomic E-state index is -4.36. The molecule has 0 aliphatic heterocycles. The fraction of sp³-hybridized carbons (Fsp3) is 0.154. The molecule has 0 amide bonds. The predicted octanol–water partition coefficient (Wildman–Crippen LogP) is 2.84. The highest BCUT2D eigenvalue weighted by Crippen LogP contribution is 2.31. The van der Waals surface area contributed by atoms with E-state index in [0.717, 1.165) is 12.1 Å². The molecule has 0 radical (unpaired) electrons. The van der Waals surface area contributed by atoms with Crippen molar-refractivity contribution in [2.75, 3.05) is 5.73 Å².